The number of carbonyl (C=O) groups excluding carboxylic acids is 6. The summed E-state index contributed by atoms with van der Waals surface area (Å²) in [7, 11) is 0. The van der Waals surface area contributed by atoms with Crippen LogP contribution in [0, 0.1) is 20.8 Å². The number of imide groups is 2. The van der Waals surface area contributed by atoms with E-state index < -0.39 is 35.7 Å². The lowest BCUT2D eigenvalue weighted by Crippen LogP contribution is -2.54. The predicted molar refractivity (Wildman–Crippen MR) is 292 cm³/mol. The third-order valence-electron chi connectivity index (χ3n) is 13.1. The number of nitrogens with one attached hydrogen (secondary N) is 1. The van der Waals surface area contributed by atoms with Gasteiger partial charge in [-0.25, -0.2) is 0 Å². The van der Waals surface area contributed by atoms with Gasteiger partial charge < -0.3 is 47.4 Å². The molecule has 4 aromatic rings. The van der Waals surface area contributed by atoms with E-state index in [0.29, 0.717) is 149 Å². The molecule has 80 heavy (non-hydrogen) atoms. The van der Waals surface area contributed by atoms with E-state index in [9.17, 15) is 28.8 Å². The van der Waals surface area contributed by atoms with E-state index in [2.05, 4.69) is 33.9 Å². The Hall–Kier alpha value is -5.70. The van der Waals surface area contributed by atoms with Crippen LogP contribution in [-0.2, 0) is 61.8 Å². The molecule has 1 unspecified atom stereocenters. The monoisotopic (exact) mass is 1150 g/mol. The van der Waals surface area contributed by atoms with Crippen LogP contribution in [0.25, 0.3) is 5.00 Å². The Balaban J connectivity index is 0.592. The molecule has 3 aliphatic heterocycles. The Bertz CT molecular complexity index is 2750. The summed E-state index contributed by atoms with van der Waals surface area (Å²) in [4.78, 5) is 83.1. The quantitative estimate of drug-likeness (QED) is 0.0426. The van der Waals surface area contributed by atoms with Crippen molar-refractivity contribution in [1.82, 2.24) is 25.0 Å². The Morgan fingerprint density at radius 1 is 0.650 bits per heavy atom. The molecule has 4 amide bonds. The van der Waals surface area contributed by atoms with Gasteiger partial charge in [0.1, 0.15) is 41.0 Å². The summed E-state index contributed by atoms with van der Waals surface area (Å²) in [5, 5.41) is 12.7. The number of hydrogen-bond acceptors (Lipinski definition) is 20. The van der Waals surface area contributed by atoms with Gasteiger partial charge in [-0.3, -0.25) is 48.5 Å². The number of amides is 4. The third kappa shape index (κ3) is 17.9. The van der Waals surface area contributed by atoms with Crippen molar-refractivity contribution in [3.05, 3.63) is 91.8 Å². The summed E-state index contributed by atoms with van der Waals surface area (Å²) in [6, 6.07) is 10.5. The number of benzene rings is 2. The summed E-state index contributed by atoms with van der Waals surface area (Å²) in [6.45, 7) is 13.3. The number of ether oxygens (including phenoxy) is 10. The SMILES string of the molecule is Cc1sc2c(c1C)C(c1ccc(Cl)cc1)=N[C@@H](CC(=O)CCCOCCOCCOCCOCCOCCOCCOCCOCCOCCCC(=O)COc1cccc3c1C(=O)N(C1CCC(=O)NC1=O)C3=O)c1nnc(C)n1-2. The fraction of sp³-hybridized carbons (Fsp3) is 0.554. The van der Waals surface area contributed by atoms with Crippen LogP contribution in [0.2, 0.25) is 5.02 Å². The molecule has 2 aromatic carbocycles. The number of ketones is 2. The van der Waals surface area contributed by atoms with Gasteiger partial charge in [-0.2, -0.15) is 0 Å². The molecule has 434 valence electrons. The van der Waals surface area contributed by atoms with Gasteiger partial charge in [0, 0.05) is 59.9 Å². The Labute approximate surface area is 474 Å². The molecule has 3 aliphatic rings. The van der Waals surface area contributed by atoms with Crippen LogP contribution >= 0.6 is 22.9 Å². The molecule has 0 radical (unpaired) electrons. The number of Topliss-reactive ketones (excluding diaryl/α,β-unsaturated/α-hetero) is 2. The van der Waals surface area contributed by atoms with E-state index in [1.165, 1.54) is 23.1 Å². The van der Waals surface area contributed by atoms with Crippen LogP contribution in [0.15, 0.2) is 47.5 Å². The van der Waals surface area contributed by atoms with E-state index >= 15 is 0 Å². The van der Waals surface area contributed by atoms with E-state index in [4.69, 9.17) is 64.0 Å². The van der Waals surface area contributed by atoms with Crippen LogP contribution < -0.4 is 10.1 Å². The van der Waals surface area contributed by atoms with Crippen molar-refractivity contribution in [3.63, 3.8) is 0 Å². The standard InChI is InChI=1S/C56H71ClN6O16S/c1-37-38(2)80-56-49(37)51(40-11-13-41(57)14-12-40)58-45(52-61-60-39(3)62(52)56)35-42(64)7-5-17-70-19-21-72-23-25-74-27-29-76-31-33-78-34-32-77-30-28-75-26-24-73-22-20-71-18-6-8-43(65)36-79-47-10-4-9-44-50(47)55(69)63(54(44)68)46-15-16-48(66)59-53(46)67/h4,9-14,45-46H,5-8,15-36H2,1-3H3,(H,59,66,67)/t45-,46?/m0/s1. The lowest BCUT2D eigenvalue weighted by Gasteiger charge is -2.27. The molecule has 1 fully saturated rings. The van der Waals surface area contributed by atoms with Gasteiger partial charge >= 0.3 is 0 Å². The van der Waals surface area contributed by atoms with Crippen LogP contribution in [0.3, 0.4) is 0 Å². The van der Waals surface area contributed by atoms with Crippen molar-refractivity contribution in [2.24, 2.45) is 4.99 Å². The number of carbonyl (C=O) groups is 6. The average Bonchev–Trinajstić information content (AvgIpc) is 4.14. The molecule has 2 atom stereocenters. The first-order valence-electron chi connectivity index (χ1n) is 27.0. The highest BCUT2D eigenvalue weighted by molar-refractivity contribution is 7.15. The first kappa shape index (κ1) is 61.9. The average molecular weight is 1150 g/mol. The number of piperidine rings is 1. The predicted octanol–water partition coefficient (Wildman–Crippen LogP) is 5.52. The molecule has 1 saturated heterocycles. The lowest BCUT2D eigenvalue weighted by molar-refractivity contribution is -0.136. The van der Waals surface area contributed by atoms with Gasteiger partial charge in [0.05, 0.1) is 123 Å². The zero-order chi connectivity index (χ0) is 56.6. The fourth-order valence-electron chi connectivity index (χ4n) is 8.89. The number of fused-ring (bicyclic) bond motifs is 4. The summed E-state index contributed by atoms with van der Waals surface area (Å²) < 4.78 is 57.8. The maximum Gasteiger partial charge on any atom is 0.266 e. The summed E-state index contributed by atoms with van der Waals surface area (Å²) in [5.74, 6) is -1.15. The summed E-state index contributed by atoms with van der Waals surface area (Å²) >= 11 is 7.91. The van der Waals surface area contributed by atoms with Gasteiger partial charge in [0.25, 0.3) is 11.8 Å². The molecule has 0 aliphatic carbocycles. The fourth-order valence-corrected chi connectivity index (χ4v) is 10.2. The van der Waals surface area contributed by atoms with Crippen LogP contribution in [0.5, 0.6) is 5.75 Å². The highest BCUT2D eigenvalue weighted by Gasteiger charge is 2.46. The number of halogens is 1. The highest BCUT2D eigenvalue weighted by atomic mass is 35.5. The van der Waals surface area contributed by atoms with Crippen molar-refractivity contribution in [2.45, 2.75) is 77.8 Å². The number of aromatic nitrogens is 3. The van der Waals surface area contributed by atoms with Crippen molar-refractivity contribution in [2.75, 3.05) is 126 Å². The van der Waals surface area contributed by atoms with Crippen molar-refractivity contribution < 1.29 is 76.1 Å². The van der Waals surface area contributed by atoms with Gasteiger partial charge in [0.2, 0.25) is 11.8 Å². The molecular formula is C56H71ClN6O16S. The van der Waals surface area contributed by atoms with Gasteiger partial charge in [-0.15, -0.1) is 21.5 Å². The smallest absolute Gasteiger partial charge is 0.266 e. The molecular weight excluding hydrogens is 1080 g/mol. The molecule has 7 rings (SSSR count). The zero-order valence-corrected chi connectivity index (χ0v) is 47.2. The molecule has 0 bridgehead atoms. The number of aliphatic imine (C=N–C) groups is 1. The Morgan fingerprint density at radius 3 is 1.71 bits per heavy atom. The minimum Gasteiger partial charge on any atom is -0.485 e. The molecule has 24 heteroatoms. The second kappa shape index (κ2) is 32.7. The van der Waals surface area contributed by atoms with Gasteiger partial charge in [0.15, 0.2) is 11.6 Å². The van der Waals surface area contributed by atoms with E-state index in [1.807, 2.05) is 31.2 Å². The molecule has 1 N–H and O–H groups in total. The van der Waals surface area contributed by atoms with Crippen molar-refractivity contribution in [3.8, 4) is 10.8 Å². The first-order chi connectivity index (χ1) is 38.9. The summed E-state index contributed by atoms with van der Waals surface area (Å²) in [5.41, 5.74) is 4.00. The van der Waals surface area contributed by atoms with E-state index in [0.717, 1.165) is 38.1 Å². The van der Waals surface area contributed by atoms with E-state index in [-0.39, 0.29) is 60.7 Å². The summed E-state index contributed by atoms with van der Waals surface area (Å²) in [6.07, 6.45) is 1.85. The maximum absolute atomic E-state index is 13.3. The molecule has 0 saturated carbocycles. The largest absolute Gasteiger partial charge is 0.485 e. The number of rotatable bonds is 39. The minimum atomic E-state index is -1.10. The lowest BCUT2D eigenvalue weighted by atomic mass is 9.99. The molecule has 22 nitrogen and oxygen atoms in total. The van der Waals surface area contributed by atoms with Crippen molar-refractivity contribution >= 4 is 63.8 Å². The van der Waals surface area contributed by atoms with E-state index in [1.54, 1.807) is 11.3 Å². The second-order valence-electron chi connectivity index (χ2n) is 18.8. The Morgan fingerprint density at radius 2 is 1.18 bits per heavy atom. The molecule has 2 aromatic heterocycles. The third-order valence-corrected chi connectivity index (χ3v) is 14.5. The topological polar surface area (TPSA) is 253 Å². The minimum absolute atomic E-state index is 0.00634. The van der Waals surface area contributed by atoms with Crippen LogP contribution in [0.1, 0.15) is 105 Å². The van der Waals surface area contributed by atoms with Crippen molar-refractivity contribution in [1.29, 1.82) is 0 Å². The maximum atomic E-state index is 13.3. The number of nitrogens with zero attached hydrogens (tertiary/aromatic N) is 5. The number of hydrogen-bond donors (Lipinski definition) is 1. The molecule has 0 spiro atoms. The second-order valence-corrected chi connectivity index (χ2v) is 20.5. The van der Waals surface area contributed by atoms with Crippen LogP contribution in [-0.4, -0.2) is 192 Å². The number of thiophene rings is 1. The van der Waals surface area contributed by atoms with Gasteiger partial charge in [-0.1, -0.05) is 29.8 Å². The first-order valence-corrected chi connectivity index (χ1v) is 28.2. The zero-order valence-electron chi connectivity index (χ0n) is 45.6. The molecule has 5 heterocycles. The van der Waals surface area contributed by atoms with Gasteiger partial charge in [-0.05, 0) is 69.9 Å². The number of aryl methyl sites for hydroxylation is 2. The highest BCUT2D eigenvalue weighted by Crippen LogP contribution is 2.40. The Kier molecular flexibility index (Phi) is 25.3. The van der Waals surface area contributed by atoms with Crippen LogP contribution in [0.4, 0.5) is 0 Å². The normalized spacial score (nSPS) is 15.9.